The van der Waals surface area contributed by atoms with Crippen LogP contribution < -0.4 is 10.1 Å². The Hall–Kier alpha value is -4.37. The minimum absolute atomic E-state index is 0.0489. The van der Waals surface area contributed by atoms with Gasteiger partial charge in [-0.15, -0.1) is 0 Å². The fourth-order valence-electron chi connectivity index (χ4n) is 3.76. The zero-order valence-corrected chi connectivity index (χ0v) is 18.1. The molecule has 9 heteroatoms. The standard InChI is InChI=1S/C24H22N6O3/c1-16-9-20(13-30(16)15-26)27-23(31)14-32-21-7-5-19(6-8-21)24-28-22(29-33-24)11-17-3-2-4-18(10-17)12-25/h2-8,10,16,20H,9,11,13-14H2,1H3,(H,27,31)/t16-,20?/m1/s1. The summed E-state index contributed by atoms with van der Waals surface area (Å²) in [5.41, 5.74) is 2.24. The minimum Gasteiger partial charge on any atom is -0.484 e. The second-order valence-corrected chi connectivity index (χ2v) is 7.92. The SMILES string of the molecule is C[C@@H]1CC(NC(=O)COc2ccc(-c3nc(Cc4cccc(C#N)c4)no3)cc2)CN1C#N. The quantitative estimate of drug-likeness (QED) is 0.553. The van der Waals surface area contributed by atoms with Crippen LogP contribution in [0.25, 0.3) is 11.5 Å². The lowest BCUT2D eigenvalue weighted by Crippen LogP contribution is -2.39. The van der Waals surface area contributed by atoms with E-state index in [-0.39, 0.29) is 24.6 Å². The van der Waals surface area contributed by atoms with E-state index >= 15 is 0 Å². The van der Waals surface area contributed by atoms with E-state index in [1.54, 1.807) is 41.3 Å². The molecule has 1 fully saturated rings. The van der Waals surface area contributed by atoms with Gasteiger partial charge in [0.15, 0.2) is 18.6 Å². The molecule has 166 valence electrons. The Morgan fingerprint density at radius 2 is 2.09 bits per heavy atom. The Labute approximate surface area is 191 Å². The van der Waals surface area contributed by atoms with Gasteiger partial charge >= 0.3 is 0 Å². The summed E-state index contributed by atoms with van der Waals surface area (Å²) in [4.78, 5) is 18.2. The Bertz CT molecular complexity index is 1210. The molecule has 1 N–H and O–H groups in total. The molecule has 4 rings (SSSR count). The van der Waals surface area contributed by atoms with Crippen molar-refractivity contribution in [3.8, 4) is 29.5 Å². The number of benzene rings is 2. The van der Waals surface area contributed by atoms with Crippen LogP contribution in [0.2, 0.25) is 0 Å². The van der Waals surface area contributed by atoms with Gasteiger partial charge in [-0.3, -0.25) is 4.79 Å². The van der Waals surface area contributed by atoms with E-state index in [1.165, 1.54) is 0 Å². The number of ether oxygens (including phenoxy) is 1. The first-order chi connectivity index (χ1) is 16.0. The number of carbonyl (C=O) groups is 1. The first-order valence-electron chi connectivity index (χ1n) is 10.5. The maximum Gasteiger partial charge on any atom is 0.258 e. The van der Waals surface area contributed by atoms with E-state index in [2.05, 4.69) is 27.7 Å². The zero-order valence-electron chi connectivity index (χ0n) is 18.1. The molecule has 9 nitrogen and oxygen atoms in total. The molecule has 1 amide bonds. The van der Waals surface area contributed by atoms with Crippen LogP contribution in [0, 0.1) is 22.8 Å². The fraction of sp³-hybridized carbons (Fsp3) is 0.292. The van der Waals surface area contributed by atoms with Crippen LogP contribution in [0.4, 0.5) is 0 Å². The Balaban J connectivity index is 1.29. The highest BCUT2D eigenvalue weighted by Gasteiger charge is 2.29. The highest BCUT2D eigenvalue weighted by Crippen LogP contribution is 2.22. The normalized spacial score (nSPS) is 17.2. The molecule has 1 saturated heterocycles. The number of carbonyl (C=O) groups excluding carboxylic acids is 1. The molecule has 0 saturated carbocycles. The Morgan fingerprint density at radius 1 is 1.27 bits per heavy atom. The van der Waals surface area contributed by atoms with E-state index in [1.807, 2.05) is 19.1 Å². The van der Waals surface area contributed by atoms with E-state index < -0.39 is 0 Å². The number of nitrogens with zero attached hydrogens (tertiary/aromatic N) is 5. The molecule has 3 aromatic rings. The smallest absolute Gasteiger partial charge is 0.258 e. The van der Waals surface area contributed by atoms with Crippen LogP contribution in [0.3, 0.4) is 0 Å². The first-order valence-corrected chi connectivity index (χ1v) is 10.5. The topological polar surface area (TPSA) is 128 Å². The van der Waals surface area contributed by atoms with Crippen molar-refractivity contribution in [2.45, 2.75) is 31.8 Å². The van der Waals surface area contributed by atoms with Crippen LogP contribution in [0.5, 0.6) is 5.75 Å². The van der Waals surface area contributed by atoms with E-state index in [9.17, 15) is 4.79 Å². The van der Waals surface area contributed by atoms with Crippen molar-refractivity contribution >= 4 is 5.91 Å². The van der Waals surface area contributed by atoms with Crippen molar-refractivity contribution in [2.75, 3.05) is 13.2 Å². The summed E-state index contributed by atoms with van der Waals surface area (Å²) in [6.07, 6.45) is 3.33. The summed E-state index contributed by atoms with van der Waals surface area (Å²) in [5.74, 6) is 1.22. The summed E-state index contributed by atoms with van der Waals surface area (Å²) in [6.45, 7) is 2.38. The van der Waals surface area contributed by atoms with Crippen LogP contribution in [-0.2, 0) is 11.2 Å². The molecular weight excluding hydrogens is 420 g/mol. The highest BCUT2D eigenvalue weighted by molar-refractivity contribution is 5.78. The van der Waals surface area contributed by atoms with E-state index in [0.717, 1.165) is 17.5 Å². The molecule has 33 heavy (non-hydrogen) atoms. The molecule has 0 bridgehead atoms. The monoisotopic (exact) mass is 442 g/mol. The Kier molecular flexibility index (Phi) is 6.51. The number of hydrogen-bond donors (Lipinski definition) is 1. The molecule has 1 aromatic heterocycles. The predicted molar refractivity (Wildman–Crippen MR) is 118 cm³/mol. The van der Waals surface area contributed by atoms with Gasteiger partial charge in [-0.25, -0.2) is 0 Å². The molecular formula is C24H22N6O3. The first kappa shape index (κ1) is 21.8. The average Bonchev–Trinajstić information content (AvgIpc) is 3.44. The number of aromatic nitrogens is 2. The number of rotatable bonds is 7. The number of likely N-dealkylation sites (tertiary alicyclic amines) is 1. The summed E-state index contributed by atoms with van der Waals surface area (Å²) in [6, 6.07) is 16.5. The number of hydrogen-bond acceptors (Lipinski definition) is 8. The lowest BCUT2D eigenvalue weighted by molar-refractivity contribution is -0.123. The number of nitrogens with one attached hydrogen (secondary N) is 1. The lowest BCUT2D eigenvalue weighted by Gasteiger charge is -2.13. The third-order valence-corrected chi connectivity index (χ3v) is 5.43. The van der Waals surface area contributed by atoms with Gasteiger partial charge in [-0.05, 0) is 55.3 Å². The second-order valence-electron chi connectivity index (χ2n) is 7.92. The predicted octanol–water partition coefficient (Wildman–Crippen LogP) is 2.64. The van der Waals surface area contributed by atoms with Crippen LogP contribution in [-0.4, -0.2) is 46.2 Å². The van der Waals surface area contributed by atoms with Crippen LogP contribution >= 0.6 is 0 Å². The lowest BCUT2D eigenvalue weighted by atomic mass is 10.1. The molecule has 1 unspecified atom stereocenters. The van der Waals surface area contributed by atoms with Gasteiger partial charge in [0.1, 0.15) is 5.75 Å². The molecule has 2 heterocycles. The van der Waals surface area contributed by atoms with Gasteiger partial charge < -0.3 is 19.5 Å². The molecule has 2 atom stereocenters. The van der Waals surface area contributed by atoms with Gasteiger partial charge in [-0.1, -0.05) is 17.3 Å². The van der Waals surface area contributed by atoms with Crippen molar-refractivity contribution < 1.29 is 14.1 Å². The van der Waals surface area contributed by atoms with Gasteiger partial charge in [-0.2, -0.15) is 15.5 Å². The Morgan fingerprint density at radius 3 is 2.82 bits per heavy atom. The molecule has 0 aliphatic carbocycles. The zero-order chi connectivity index (χ0) is 23.2. The van der Waals surface area contributed by atoms with Gasteiger partial charge in [0.25, 0.3) is 11.8 Å². The number of nitriles is 2. The summed E-state index contributed by atoms with van der Waals surface area (Å²) < 4.78 is 10.9. The van der Waals surface area contributed by atoms with Crippen LogP contribution in [0.15, 0.2) is 53.1 Å². The number of amides is 1. The second kappa shape index (κ2) is 9.84. The third-order valence-electron chi connectivity index (χ3n) is 5.43. The molecule has 1 aliphatic heterocycles. The minimum atomic E-state index is -0.224. The largest absolute Gasteiger partial charge is 0.484 e. The van der Waals surface area contributed by atoms with Gasteiger partial charge in [0.05, 0.1) is 11.6 Å². The van der Waals surface area contributed by atoms with E-state index in [0.29, 0.717) is 36.0 Å². The van der Waals surface area contributed by atoms with E-state index in [4.69, 9.17) is 19.8 Å². The van der Waals surface area contributed by atoms with Gasteiger partial charge in [0.2, 0.25) is 0 Å². The highest BCUT2D eigenvalue weighted by atomic mass is 16.5. The van der Waals surface area contributed by atoms with Crippen molar-refractivity contribution in [3.05, 3.63) is 65.5 Å². The fourth-order valence-corrected chi connectivity index (χ4v) is 3.76. The van der Waals surface area contributed by atoms with Crippen molar-refractivity contribution in [2.24, 2.45) is 0 Å². The maximum absolute atomic E-state index is 12.2. The maximum atomic E-state index is 12.2. The molecule has 0 radical (unpaired) electrons. The van der Waals surface area contributed by atoms with Crippen molar-refractivity contribution in [3.63, 3.8) is 0 Å². The summed E-state index contributed by atoms with van der Waals surface area (Å²) in [5, 5.41) is 25.0. The average molecular weight is 442 g/mol. The third kappa shape index (κ3) is 5.46. The molecule has 2 aromatic carbocycles. The summed E-state index contributed by atoms with van der Waals surface area (Å²) in [7, 11) is 0. The van der Waals surface area contributed by atoms with Gasteiger partial charge in [0, 0.05) is 30.6 Å². The summed E-state index contributed by atoms with van der Waals surface area (Å²) >= 11 is 0. The molecule has 0 spiro atoms. The van der Waals surface area contributed by atoms with Crippen LogP contribution in [0.1, 0.15) is 30.3 Å². The van der Waals surface area contributed by atoms with Crippen molar-refractivity contribution in [1.29, 1.82) is 10.5 Å². The van der Waals surface area contributed by atoms with Crippen molar-refractivity contribution in [1.82, 2.24) is 20.4 Å². The molecule has 1 aliphatic rings.